The van der Waals surface area contributed by atoms with Crippen LogP contribution in [0.1, 0.15) is 12.0 Å². The maximum absolute atomic E-state index is 5.74. The van der Waals surface area contributed by atoms with E-state index in [1.54, 1.807) is 0 Å². The highest BCUT2D eigenvalue weighted by Crippen LogP contribution is 2.14. The largest absolute Gasteiger partial charge is 0.494 e. The first-order chi connectivity index (χ1) is 10.1. The summed E-state index contributed by atoms with van der Waals surface area (Å²) < 4.78 is 5.74. The van der Waals surface area contributed by atoms with Crippen molar-refractivity contribution in [2.45, 2.75) is 13.0 Å². The Bertz CT molecular complexity index is 554. The molecule has 0 saturated carbocycles. The lowest BCUT2D eigenvalue weighted by Gasteiger charge is -2.11. The second kappa shape index (κ2) is 7.49. The molecule has 2 aromatic rings. The zero-order valence-electron chi connectivity index (χ0n) is 12.5. The van der Waals surface area contributed by atoms with E-state index in [4.69, 9.17) is 10.5 Å². The molecular formula is C14H22N6O. The molecule has 0 aliphatic carbocycles. The van der Waals surface area contributed by atoms with E-state index in [9.17, 15) is 0 Å². The lowest BCUT2D eigenvalue weighted by molar-refractivity contribution is 0.313. The predicted molar refractivity (Wildman–Crippen MR) is 83.2 cm³/mol. The zero-order valence-corrected chi connectivity index (χ0v) is 12.5. The Morgan fingerprint density at radius 2 is 2.24 bits per heavy atom. The van der Waals surface area contributed by atoms with Crippen molar-refractivity contribution in [3.8, 4) is 5.75 Å². The molecule has 0 spiro atoms. The molecule has 0 aliphatic heterocycles. The summed E-state index contributed by atoms with van der Waals surface area (Å²) in [4.78, 5) is 6.09. The third-order valence-corrected chi connectivity index (χ3v) is 2.77. The summed E-state index contributed by atoms with van der Waals surface area (Å²) in [5, 5.41) is 9.54. The molecule has 4 N–H and O–H groups in total. The summed E-state index contributed by atoms with van der Waals surface area (Å²) in [6.45, 7) is 2.28. The van der Waals surface area contributed by atoms with E-state index in [0.29, 0.717) is 18.5 Å². The predicted octanol–water partition coefficient (Wildman–Crippen LogP) is 1.33. The first-order valence-corrected chi connectivity index (χ1v) is 6.92. The Labute approximate surface area is 124 Å². The van der Waals surface area contributed by atoms with Crippen LogP contribution in [0.2, 0.25) is 0 Å². The van der Waals surface area contributed by atoms with Crippen LogP contribution in [0.15, 0.2) is 24.3 Å². The number of hydrogen-bond donors (Lipinski definition) is 3. The number of aromatic amines is 1. The van der Waals surface area contributed by atoms with Crippen LogP contribution in [-0.4, -0.2) is 47.3 Å². The summed E-state index contributed by atoms with van der Waals surface area (Å²) in [5.74, 6) is 1.73. The molecule has 114 valence electrons. The molecule has 0 atom stereocenters. The van der Waals surface area contributed by atoms with Crippen LogP contribution >= 0.6 is 0 Å². The zero-order chi connectivity index (χ0) is 15.1. The third-order valence-electron chi connectivity index (χ3n) is 2.77. The lowest BCUT2D eigenvalue weighted by atomic mass is 10.2. The van der Waals surface area contributed by atoms with Crippen LogP contribution in [0.4, 0.5) is 11.9 Å². The number of nitrogens with one attached hydrogen (secondary N) is 2. The number of H-pyrrole nitrogens is 1. The van der Waals surface area contributed by atoms with Crippen molar-refractivity contribution in [1.82, 2.24) is 20.1 Å². The van der Waals surface area contributed by atoms with Gasteiger partial charge in [0.25, 0.3) is 0 Å². The lowest BCUT2D eigenvalue weighted by Crippen LogP contribution is -2.11. The van der Waals surface area contributed by atoms with Gasteiger partial charge in [-0.05, 0) is 38.2 Å². The maximum atomic E-state index is 5.74. The highest BCUT2D eigenvalue weighted by atomic mass is 16.5. The number of aromatic nitrogens is 3. The number of hydrogen-bond acceptors (Lipinski definition) is 6. The fourth-order valence-corrected chi connectivity index (χ4v) is 1.91. The quantitative estimate of drug-likeness (QED) is 0.635. The van der Waals surface area contributed by atoms with Crippen LogP contribution in [0.3, 0.4) is 0 Å². The van der Waals surface area contributed by atoms with Gasteiger partial charge in [0.05, 0.1) is 6.61 Å². The Kier molecular flexibility index (Phi) is 5.39. The van der Waals surface area contributed by atoms with Gasteiger partial charge in [-0.25, -0.2) is 5.10 Å². The summed E-state index contributed by atoms with van der Waals surface area (Å²) in [6.07, 6.45) is 0.854. The molecule has 0 saturated heterocycles. The van der Waals surface area contributed by atoms with E-state index < -0.39 is 0 Å². The summed E-state index contributed by atoms with van der Waals surface area (Å²) in [5.41, 5.74) is 6.68. The number of benzene rings is 1. The monoisotopic (exact) mass is 290 g/mol. The summed E-state index contributed by atoms with van der Waals surface area (Å²) >= 11 is 0. The van der Waals surface area contributed by atoms with Crippen LogP contribution < -0.4 is 15.8 Å². The topological polar surface area (TPSA) is 92.1 Å². The second-order valence-electron chi connectivity index (χ2n) is 5.06. The van der Waals surface area contributed by atoms with Gasteiger partial charge >= 0.3 is 0 Å². The van der Waals surface area contributed by atoms with Crippen molar-refractivity contribution in [1.29, 1.82) is 0 Å². The van der Waals surface area contributed by atoms with Gasteiger partial charge in [-0.2, -0.15) is 4.98 Å². The van der Waals surface area contributed by atoms with E-state index in [-0.39, 0.29) is 0 Å². The minimum absolute atomic E-state index is 0.312. The molecular weight excluding hydrogens is 268 g/mol. The van der Waals surface area contributed by atoms with Crippen LogP contribution in [0, 0.1) is 0 Å². The van der Waals surface area contributed by atoms with Gasteiger partial charge in [-0.15, -0.1) is 5.10 Å². The van der Waals surface area contributed by atoms with Crippen molar-refractivity contribution in [3.05, 3.63) is 29.8 Å². The average Bonchev–Trinajstić information content (AvgIpc) is 2.84. The number of nitrogen functional groups attached to an aromatic ring is 1. The summed E-state index contributed by atoms with van der Waals surface area (Å²) in [7, 11) is 4.10. The molecule has 0 fully saturated rings. The molecule has 1 aromatic heterocycles. The molecule has 0 bridgehead atoms. The Morgan fingerprint density at radius 1 is 1.38 bits per heavy atom. The second-order valence-corrected chi connectivity index (χ2v) is 5.06. The van der Waals surface area contributed by atoms with Crippen molar-refractivity contribution in [3.63, 3.8) is 0 Å². The molecule has 1 heterocycles. The van der Waals surface area contributed by atoms with Gasteiger partial charge in [0.15, 0.2) is 0 Å². The van der Waals surface area contributed by atoms with E-state index in [1.165, 1.54) is 5.56 Å². The normalized spacial score (nSPS) is 10.8. The molecule has 0 unspecified atom stereocenters. The number of nitrogens with two attached hydrogens (primary N) is 1. The minimum atomic E-state index is 0.312. The molecule has 1 aromatic carbocycles. The first-order valence-electron chi connectivity index (χ1n) is 6.92. The number of rotatable bonds is 8. The van der Waals surface area contributed by atoms with Crippen LogP contribution in [0.5, 0.6) is 5.75 Å². The van der Waals surface area contributed by atoms with Crippen LogP contribution in [-0.2, 0) is 6.54 Å². The third kappa shape index (κ3) is 5.31. The minimum Gasteiger partial charge on any atom is -0.494 e. The molecule has 0 radical (unpaired) electrons. The van der Waals surface area contributed by atoms with Crippen molar-refractivity contribution < 1.29 is 4.74 Å². The van der Waals surface area contributed by atoms with Gasteiger partial charge in [0.1, 0.15) is 5.75 Å². The Hall–Kier alpha value is -2.28. The van der Waals surface area contributed by atoms with Gasteiger partial charge in [0, 0.05) is 13.1 Å². The van der Waals surface area contributed by atoms with E-state index in [1.807, 2.05) is 12.1 Å². The smallest absolute Gasteiger partial charge is 0.243 e. The molecule has 0 amide bonds. The standard InChI is InChI=1S/C14H22N6O/c1-20(2)10-11-5-3-6-12(9-11)21-8-4-7-16-14-17-13(15)18-19-14/h3,5-6,9H,4,7-8,10H2,1-2H3,(H4,15,16,17,18,19). The van der Waals surface area contributed by atoms with E-state index >= 15 is 0 Å². The van der Waals surface area contributed by atoms with Crippen LogP contribution in [0.25, 0.3) is 0 Å². The number of ether oxygens (including phenoxy) is 1. The Morgan fingerprint density at radius 3 is 2.95 bits per heavy atom. The van der Waals surface area contributed by atoms with Gasteiger partial charge < -0.3 is 20.7 Å². The highest BCUT2D eigenvalue weighted by Gasteiger charge is 2.00. The summed E-state index contributed by atoms with van der Waals surface area (Å²) in [6, 6.07) is 8.16. The number of anilines is 2. The maximum Gasteiger partial charge on any atom is 0.243 e. The fraction of sp³-hybridized carbons (Fsp3) is 0.429. The van der Waals surface area contributed by atoms with Gasteiger partial charge in [-0.1, -0.05) is 12.1 Å². The van der Waals surface area contributed by atoms with Crippen molar-refractivity contribution in [2.24, 2.45) is 0 Å². The molecule has 21 heavy (non-hydrogen) atoms. The van der Waals surface area contributed by atoms with E-state index in [0.717, 1.165) is 25.3 Å². The molecule has 7 heteroatoms. The molecule has 7 nitrogen and oxygen atoms in total. The van der Waals surface area contributed by atoms with Gasteiger partial charge in [-0.3, -0.25) is 0 Å². The molecule has 0 aliphatic rings. The van der Waals surface area contributed by atoms with Crippen molar-refractivity contribution in [2.75, 3.05) is 38.3 Å². The number of nitrogens with zero attached hydrogens (tertiary/aromatic N) is 3. The average molecular weight is 290 g/mol. The first kappa shape index (κ1) is 15.1. The fourth-order valence-electron chi connectivity index (χ4n) is 1.91. The van der Waals surface area contributed by atoms with E-state index in [2.05, 4.69) is 51.6 Å². The molecule has 2 rings (SSSR count). The SMILES string of the molecule is CN(C)Cc1cccc(OCCCNc2n[nH]c(N)n2)c1. The highest BCUT2D eigenvalue weighted by molar-refractivity contribution is 5.30. The van der Waals surface area contributed by atoms with Crippen molar-refractivity contribution >= 4 is 11.9 Å². The Balaban J connectivity index is 1.68. The van der Waals surface area contributed by atoms with Gasteiger partial charge in [0.2, 0.25) is 11.9 Å².